The molecule has 3 aromatic rings. The maximum Gasteiger partial charge on any atom is 0.234 e. The Kier molecular flexibility index (Phi) is 5.55. The predicted molar refractivity (Wildman–Crippen MR) is 100 cm³/mol. The molecule has 5 nitrogen and oxygen atoms in total. The number of rotatable bonds is 5. The molecular formula is C16H12BrClN4OS. The van der Waals surface area contributed by atoms with E-state index in [1.54, 1.807) is 12.1 Å². The van der Waals surface area contributed by atoms with Crippen molar-refractivity contribution in [2.75, 3.05) is 11.1 Å². The second-order valence-electron chi connectivity index (χ2n) is 4.79. The summed E-state index contributed by atoms with van der Waals surface area (Å²) in [6.07, 6.45) is 0. The standard InChI is InChI=1S/C16H12BrClN4OS/c17-12-3-1-2-4-13(12)19-14(23)9-24-16-20-15(21-22-16)10-5-7-11(18)8-6-10/h1-8H,9H2,(H,19,23)(H,20,21,22). The molecule has 2 aromatic carbocycles. The number of amides is 1. The molecule has 0 saturated heterocycles. The van der Waals surface area contributed by atoms with Crippen molar-refractivity contribution in [1.82, 2.24) is 15.2 Å². The van der Waals surface area contributed by atoms with Crippen molar-refractivity contribution in [3.05, 3.63) is 58.0 Å². The number of carbonyl (C=O) groups is 1. The minimum atomic E-state index is -0.121. The number of hydrogen-bond donors (Lipinski definition) is 2. The number of anilines is 1. The molecule has 2 N–H and O–H groups in total. The van der Waals surface area contributed by atoms with Crippen LogP contribution in [-0.4, -0.2) is 26.8 Å². The molecule has 0 aliphatic rings. The van der Waals surface area contributed by atoms with E-state index in [0.29, 0.717) is 16.0 Å². The summed E-state index contributed by atoms with van der Waals surface area (Å²) in [6, 6.07) is 14.7. The Morgan fingerprint density at radius 2 is 1.96 bits per heavy atom. The summed E-state index contributed by atoms with van der Waals surface area (Å²) in [5.41, 5.74) is 1.62. The average molecular weight is 424 g/mol. The maximum absolute atomic E-state index is 12.0. The number of para-hydroxylation sites is 1. The molecule has 1 heterocycles. The van der Waals surface area contributed by atoms with Crippen LogP contribution in [0, 0.1) is 0 Å². The van der Waals surface area contributed by atoms with Crippen LogP contribution in [-0.2, 0) is 4.79 Å². The Balaban J connectivity index is 1.58. The molecule has 0 unspecified atom stereocenters. The summed E-state index contributed by atoms with van der Waals surface area (Å²) in [6.45, 7) is 0. The first-order chi connectivity index (χ1) is 11.6. The van der Waals surface area contributed by atoms with Gasteiger partial charge in [-0.25, -0.2) is 4.98 Å². The highest BCUT2D eigenvalue weighted by Crippen LogP contribution is 2.23. The summed E-state index contributed by atoms with van der Waals surface area (Å²) < 4.78 is 0.839. The van der Waals surface area contributed by atoms with Crippen molar-refractivity contribution in [1.29, 1.82) is 0 Å². The SMILES string of the molecule is O=C(CSc1n[nH]c(-c2ccc(Cl)cc2)n1)Nc1ccccc1Br. The van der Waals surface area contributed by atoms with E-state index in [9.17, 15) is 4.79 Å². The Morgan fingerprint density at radius 3 is 2.71 bits per heavy atom. The van der Waals surface area contributed by atoms with E-state index >= 15 is 0 Å². The first kappa shape index (κ1) is 17.0. The van der Waals surface area contributed by atoms with E-state index in [1.807, 2.05) is 36.4 Å². The number of nitrogens with one attached hydrogen (secondary N) is 2. The van der Waals surface area contributed by atoms with Gasteiger partial charge in [-0.1, -0.05) is 35.5 Å². The smallest absolute Gasteiger partial charge is 0.234 e. The van der Waals surface area contributed by atoms with Gasteiger partial charge in [0.05, 0.1) is 11.4 Å². The van der Waals surface area contributed by atoms with E-state index in [-0.39, 0.29) is 11.7 Å². The quantitative estimate of drug-likeness (QED) is 0.588. The number of halogens is 2. The van der Waals surface area contributed by atoms with Crippen molar-refractivity contribution < 1.29 is 4.79 Å². The number of aromatic nitrogens is 3. The van der Waals surface area contributed by atoms with Crippen LogP contribution in [0.2, 0.25) is 5.02 Å². The largest absolute Gasteiger partial charge is 0.324 e. The Labute approximate surface area is 156 Å². The molecule has 3 rings (SSSR count). The third-order valence-corrected chi connectivity index (χ3v) is 4.85. The highest BCUT2D eigenvalue weighted by molar-refractivity contribution is 9.10. The summed E-state index contributed by atoms with van der Waals surface area (Å²) in [7, 11) is 0. The van der Waals surface area contributed by atoms with Gasteiger partial charge in [0, 0.05) is 15.1 Å². The topological polar surface area (TPSA) is 70.7 Å². The normalized spacial score (nSPS) is 10.6. The van der Waals surface area contributed by atoms with Crippen molar-refractivity contribution in [2.24, 2.45) is 0 Å². The molecule has 0 saturated carbocycles. The fraction of sp³-hybridized carbons (Fsp3) is 0.0625. The van der Waals surface area contributed by atoms with Crippen LogP contribution in [0.3, 0.4) is 0 Å². The van der Waals surface area contributed by atoms with Gasteiger partial charge in [0.1, 0.15) is 0 Å². The van der Waals surface area contributed by atoms with Gasteiger partial charge in [0.2, 0.25) is 11.1 Å². The van der Waals surface area contributed by atoms with E-state index in [4.69, 9.17) is 11.6 Å². The zero-order valence-electron chi connectivity index (χ0n) is 12.3. The van der Waals surface area contributed by atoms with Crippen molar-refractivity contribution in [2.45, 2.75) is 5.16 Å². The van der Waals surface area contributed by atoms with Crippen LogP contribution >= 0.6 is 39.3 Å². The van der Waals surface area contributed by atoms with Crippen molar-refractivity contribution in [3.8, 4) is 11.4 Å². The zero-order valence-corrected chi connectivity index (χ0v) is 15.5. The molecule has 0 radical (unpaired) electrons. The van der Waals surface area contributed by atoms with Crippen LogP contribution in [0.4, 0.5) is 5.69 Å². The Morgan fingerprint density at radius 1 is 1.21 bits per heavy atom. The molecule has 0 aliphatic carbocycles. The lowest BCUT2D eigenvalue weighted by atomic mass is 10.2. The second-order valence-corrected chi connectivity index (χ2v) is 7.02. The average Bonchev–Trinajstić information content (AvgIpc) is 3.05. The van der Waals surface area contributed by atoms with Crippen molar-refractivity contribution >= 4 is 50.9 Å². The van der Waals surface area contributed by atoms with Crippen LogP contribution in [0.25, 0.3) is 11.4 Å². The summed E-state index contributed by atoms with van der Waals surface area (Å²) in [5.74, 6) is 0.740. The van der Waals surface area contributed by atoms with E-state index in [1.165, 1.54) is 11.8 Å². The fourth-order valence-electron chi connectivity index (χ4n) is 1.93. The number of benzene rings is 2. The predicted octanol–water partition coefficient (Wildman–Crippen LogP) is 4.62. The van der Waals surface area contributed by atoms with Gasteiger partial charge in [0.15, 0.2) is 5.82 Å². The minimum Gasteiger partial charge on any atom is -0.324 e. The molecular weight excluding hydrogens is 412 g/mol. The second kappa shape index (κ2) is 7.83. The van der Waals surface area contributed by atoms with Crippen LogP contribution in [0.15, 0.2) is 58.2 Å². The number of H-pyrrole nitrogens is 1. The molecule has 0 fully saturated rings. The minimum absolute atomic E-state index is 0.121. The highest BCUT2D eigenvalue weighted by Gasteiger charge is 2.10. The molecule has 24 heavy (non-hydrogen) atoms. The molecule has 1 amide bonds. The molecule has 8 heteroatoms. The lowest BCUT2D eigenvalue weighted by Crippen LogP contribution is -2.14. The molecule has 0 spiro atoms. The third-order valence-electron chi connectivity index (χ3n) is 3.06. The van der Waals surface area contributed by atoms with Gasteiger partial charge in [-0.15, -0.1) is 5.10 Å². The lowest BCUT2D eigenvalue weighted by molar-refractivity contribution is -0.113. The Hall–Kier alpha value is -1.83. The molecule has 1 aromatic heterocycles. The number of carbonyl (C=O) groups excluding carboxylic acids is 1. The Bertz CT molecular complexity index is 853. The maximum atomic E-state index is 12.0. The third kappa shape index (κ3) is 4.37. The van der Waals surface area contributed by atoms with Gasteiger partial charge in [-0.3, -0.25) is 9.89 Å². The molecule has 0 bridgehead atoms. The van der Waals surface area contributed by atoms with Gasteiger partial charge < -0.3 is 5.32 Å². The monoisotopic (exact) mass is 422 g/mol. The number of thioether (sulfide) groups is 1. The lowest BCUT2D eigenvalue weighted by Gasteiger charge is -2.05. The van der Waals surface area contributed by atoms with E-state index in [0.717, 1.165) is 15.7 Å². The molecule has 122 valence electrons. The zero-order chi connectivity index (χ0) is 16.9. The van der Waals surface area contributed by atoms with Gasteiger partial charge in [0.25, 0.3) is 0 Å². The van der Waals surface area contributed by atoms with E-state index in [2.05, 4.69) is 36.4 Å². The first-order valence-corrected chi connectivity index (χ1v) is 9.13. The molecule has 0 atom stereocenters. The van der Waals surface area contributed by atoms with Gasteiger partial charge in [-0.05, 0) is 52.3 Å². The fourth-order valence-corrected chi connectivity index (χ4v) is 3.04. The number of aromatic amines is 1. The summed E-state index contributed by atoms with van der Waals surface area (Å²) in [5, 5.41) is 11.0. The van der Waals surface area contributed by atoms with Crippen LogP contribution < -0.4 is 5.32 Å². The number of nitrogens with zero attached hydrogens (tertiary/aromatic N) is 2. The summed E-state index contributed by atoms with van der Waals surface area (Å²) in [4.78, 5) is 16.4. The van der Waals surface area contributed by atoms with Gasteiger partial charge >= 0.3 is 0 Å². The number of hydrogen-bond acceptors (Lipinski definition) is 4. The van der Waals surface area contributed by atoms with Crippen molar-refractivity contribution in [3.63, 3.8) is 0 Å². The molecule has 0 aliphatic heterocycles. The first-order valence-electron chi connectivity index (χ1n) is 6.97. The highest BCUT2D eigenvalue weighted by atomic mass is 79.9. The van der Waals surface area contributed by atoms with Gasteiger partial charge in [-0.2, -0.15) is 0 Å². The summed E-state index contributed by atoms with van der Waals surface area (Å²) >= 11 is 10.5. The van der Waals surface area contributed by atoms with Crippen LogP contribution in [0.1, 0.15) is 0 Å². The van der Waals surface area contributed by atoms with E-state index < -0.39 is 0 Å². The van der Waals surface area contributed by atoms with Crippen LogP contribution in [0.5, 0.6) is 0 Å².